The van der Waals surface area contributed by atoms with Crippen LogP contribution in [0.25, 0.3) is 0 Å². The number of halogens is 3. The third-order valence-corrected chi connectivity index (χ3v) is 3.45. The zero-order valence-corrected chi connectivity index (χ0v) is 10.8. The molecule has 90 valence electrons. The fourth-order valence-electron chi connectivity index (χ4n) is 1.16. The largest absolute Gasteiger partial charge is 0.368 e. The zero-order valence-electron chi connectivity index (χ0n) is 8.38. The van der Waals surface area contributed by atoms with Crippen molar-refractivity contribution in [3.05, 3.63) is 33.8 Å². The number of nitrogen functional groups attached to an aromatic ring is 1. The molecule has 1 aromatic carbocycles. The van der Waals surface area contributed by atoms with Gasteiger partial charge >= 0.3 is 0 Å². The van der Waals surface area contributed by atoms with E-state index in [1.165, 1.54) is 12.1 Å². The summed E-state index contributed by atoms with van der Waals surface area (Å²) in [6.07, 6.45) is 0. The second-order valence-electron chi connectivity index (χ2n) is 3.11. The lowest BCUT2D eigenvalue weighted by atomic mass is 10.2. The number of nitrogens with zero attached hydrogens (tertiary/aromatic N) is 2. The van der Waals surface area contributed by atoms with Crippen molar-refractivity contribution in [1.82, 2.24) is 15.2 Å². The van der Waals surface area contributed by atoms with Gasteiger partial charge < -0.3 is 5.73 Å². The van der Waals surface area contributed by atoms with E-state index in [0.717, 1.165) is 11.8 Å². The van der Waals surface area contributed by atoms with Crippen LogP contribution in [0.5, 0.6) is 0 Å². The van der Waals surface area contributed by atoms with E-state index < -0.39 is 11.6 Å². The van der Waals surface area contributed by atoms with Crippen molar-refractivity contribution in [1.29, 1.82) is 0 Å². The SMILES string of the molecule is Nc1nc(SCc2c(F)ccc(Br)c2F)n[nH]1. The fourth-order valence-corrected chi connectivity index (χ4v) is 2.34. The van der Waals surface area contributed by atoms with Gasteiger partial charge in [-0.2, -0.15) is 4.98 Å². The molecule has 0 fully saturated rings. The van der Waals surface area contributed by atoms with E-state index in [0.29, 0.717) is 5.16 Å². The van der Waals surface area contributed by atoms with E-state index in [1.807, 2.05) is 0 Å². The molecule has 0 spiro atoms. The number of nitrogens with two attached hydrogens (primary N) is 1. The van der Waals surface area contributed by atoms with Crippen LogP contribution in [-0.2, 0) is 5.75 Å². The molecule has 8 heteroatoms. The van der Waals surface area contributed by atoms with Crippen LogP contribution in [-0.4, -0.2) is 15.2 Å². The molecule has 0 radical (unpaired) electrons. The summed E-state index contributed by atoms with van der Waals surface area (Å²) in [5.41, 5.74) is 5.31. The summed E-state index contributed by atoms with van der Waals surface area (Å²) >= 11 is 4.10. The van der Waals surface area contributed by atoms with Crippen molar-refractivity contribution in [2.24, 2.45) is 0 Å². The van der Waals surface area contributed by atoms with Crippen LogP contribution in [0.4, 0.5) is 14.7 Å². The zero-order chi connectivity index (χ0) is 12.4. The summed E-state index contributed by atoms with van der Waals surface area (Å²) in [5.74, 6) is -0.945. The van der Waals surface area contributed by atoms with Gasteiger partial charge in [-0.1, -0.05) is 11.8 Å². The summed E-state index contributed by atoms with van der Waals surface area (Å²) in [6.45, 7) is 0. The Balaban J connectivity index is 2.16. The number of hydrogen-bond donors (Lipinski definition) is 2. The Labute approximate surface area is 108 Å². The molecular formula is C9H7BrF2N4S. The smallest absolute Gasteiger partial charge is 0.216 e. The van der Waals surface area contributed by atoms with Gasteiger partial charge in [-0.25, -0.2) is 13.9 Å². The minimum absolute atomic E-state index is 0.0206. The van der Waals surface area contributed by atoms with Gasteiger partial charge in [-0.15, -0.1) is 5.10 Å². The van der Waals surface area contributed by atoms with Crippen LogP contribution in [0, 0.1) is 11.6 Å². The second kappa shape index (κ2) is 5.01. The highest BCUT2D eigenvalue weighted by Crippen LogP contribution is 2.27. The van der Waals surface area contributed by atoms with Crippen molar-refractivity contribution in [3.8, 4) is 0 Å². The average Bonchev–Trinajstić information content (AvgIpc) is 2.70. The molecule has 0 aliphatic heterocycles. The third kappa shape index (κ3) is 2.75. The standard InChI is InChI=1S/C9H7BrF2N4S/c10-5-1-2-6(11)4(7(5)12)3-17-9-14-8(13)15-16-9/h1-2H,3H2,(H3,13,14,15,16). The lowest BCUT2D eigenvalue weighted by Gasteiger charge is -2.04. The van der Waals surface area contributed by atoms with Gasteiger partial charge in [0.05, 0.1) is 4.47 Å². The van der Waals surface area contributed by atoms with E-state index >= 15 is 0 Å². The number of thioether (sulfide) groups is 1. The Bertz CT molecular complexity index is 546. The van der Waals surface area contributed by atoms with E-state index in [9.17, 15) is 8.78 Å². The van der Waals surface area contributed by atoms with E-state index in [-0.39, 0.29) is 21.7 Å². The molecule has 0 aliphatic carbocycles. The van der Waals surface area contributed by atoms with Gasteiger partial charge in [0.25, 0.3) is 0 Å². The highest BCUT2D eigenvalue weighted by molar-refractivity contribution is 9.10. The number of benzene rings is 1. The van der Waals surface area contributed by atoms with Crippen molar-refractivity contribution in [3.63, 3.8) is 0 Å². The molecule has 0 bridgehead atoms. The quantitative estimate of drug-likeness (QED) is 0.674. The molecule has 17 heavy (non-hydrogen) atoms. The predicted octanol–water partition coefficient (Wildman–Crippen LogP) is 2.72. The third-order valence-electron chi connectivity index (χ3n) is 1.97. The van der Waals surface area contributed by atoms with E-state index in [4.69, 9.17) is 5.73 Å². The maximum Gasteiger partial charge on any atom is 0.216 e. The Morgan fingerprint density at radius 3 is 2.82 bits per heavy atom. The Kier molecular flexibility index (Phi) is 3.63. The normalized spacial score (nSPS) is 10.8. The summed E-state index contributed by atoms with van der Waals surface area (Å²) in [6, 6.07) is 2.53. The van der Waals surface area contributed by atoms with Crippen molar-refractivity contribution in [2.75, 3.05) is 5.73 Å². The molecule has 2 rings (SSSR count). The number of aromatic nitrogens is 3. The summed E-state index contributed by atoms with van der Waals surface area (Å²) in [4.78, 5) is 3.82. The Hall–Kier alpha value is -1.15. The van der Waals surface area contributed by atoms with Crippen molar-refractivity contribution in [2.45, 2.75) is 10.9 Å². The molecule has 4 nitrogen and oxygen atoms in total. The fraction of sp³-hybridized carbons (Fsp3) is 0.111. The summed E-state index contributed by atoms with van der Waals surface area (Å²) in [7, 11) is 0. The van der Waals surface area contributed by atoms with Crippen molar-refractivity contribution >= 4 is 33.6 Å². The monoisotopic (exact) mass is 320 g/mol. The first-order chi connectivity index (χ1) is 8.08. The van der Waals surface area contributed by atoms with Crippen LogP contribution in [0.1, 0.15) is 5.56 Å². The first kappa shape index (κ1) is 12.3. The number of nitrogens with one attached hydrogen (secondary N) is 1. The molecule has 0 atom stereocenters. The van der Waals surface area contributed by atoms with Gasteiger partial charge in [-0.05, 0) is 28.1 Å². The van der Waals surface area contributed by atoms with Crippen LogP contribution >= 0.6 is 27.7 Å². The van der Waals surface area contributed by atoms with E-state index in [2.05, 4.69) is 31.1 Å². The maximum atomic E-state index is 13.6. The molecule has 2 aromatic rings. The second-order valence-corrected chi connectivity index (χ2v) is 4.91. The van der Waals surface area contributed by atoms with Gasteiger partial charge in [0, 0.05) is 11.3 Å². The number of anilines is 1. The molecule has 1 heterocycles. The van der Waals surface area contributed by atoms with Gasteiger partial charge in [0.1, 0.15) is 11.6 Å². The maximum absolute atomic E-state index is 13.6. The highest BCUT2D eigenvalue weighted by Gasteiger charge is 2.13. The molecule has 0 amide bonds. The van der Waals surface area contributed by atoms with Crippen LogP contribution < -0.4 is 5.73 Å². The summed E-state index contributed by atoms with van der Waals surface area (Å²) in [5, 5.41) is 6.55. The topological polar surface area (TPSA) is 67.6 Å². The highest BCUT2D eigenvalue weighted by atomic mass is 79.9. The number of aromatic amines is 1. The molecule has 1 aromatic heterocycles. The van der Waals surface area contributed by atoms with Crippen molar-refractivity contribution < 1.29 is 8.78 Å². The minimum atomic E-state index is -0.610. The first-order valence-corrected chi connectivity index (χ1v) is 6.29. The summed E-state index contributed by atoms with van der Waals surface area (Å²) < 4.78 is 27.2. The van der Waals surface area contributed by atoms with Gasteiger partial charge in [0.15, 0.2) is 0 Å². The minimum Gasteiger partial charge on any atom is -0.368 e. The van der Waals surface area contributed by atoms with Crippen LogP contribution in [0.2, 0.25) is 0 Å². The molecule has 0 saturated carbocycles. The molecular weight excluding hydrogens is 314 g/mol. The van der Waals surface area contributed by atoms with E-state index in [1.54, 1.807) is 0 Å². The first-order valence-electron chi connectivity index (χ1n) is 4.51. The lowest BCUT2D eigenvalue weighted by molar-refractivity contribution is 0.562. The van der Waals surface area contributed by atoms with Gasteiger partial charge in [-0.3, -0.25) is 0 Å². The predicted molar refractivity (Wildman–Crippen MR) is 64.4 cm³/mol. The van der Waals surface area contributed by atoms with Crippen LogP contribution in [0.3, 0.4) is 0 Å². The molecule has 0 aliphatic rings. The molecule has 0 saturated heterocycles. The Morgan fingerprint density at radius 2 is 2.18 bits per heavy atom. The molecule has 3 N–H and O–H groups in total. The Morgan fingerprint density at radius 1 is 1.41 bits per heavy atom. The average molecular weight is 321 g/mol. The number of hydrogen-bond acceptors (Lipinski definition) is 4. The molecule has 0 unspecified atom stereocenters. The number of rotatable bonds is 3. The lowest BCUT2D eigenvalue weighted by Crippen LogP contribution is -1.95. The van der Waals surface area contributed by atoms with Crippen LogP contribution in [0.15, 0.2) is 21.8 Å². The number of H-pyrrole nitrogens is 1. The van der Waals surface area contributed by atoms with Gasteiger partial charge in [0.2, 0.25) is 11.1 Å².